The van der Waals surface area contributed by atoms with Gasteiger partial charge in [-0.1, -0.05) is 37.6 Å². The zero-order valence-electron chi connectivity index (χ0n) is 11.5. The summed E-state index contributed by atoms with van der Waals surface area (Å²) in [5.41, 5.74) is 3.25. The second-order valence-electron chi connectivity index (χ2n) is 6.32. The molecule has 1 heteroatoms. The van der Waals surface area contributed by atoms with Crippen LogP contribution >= 0.6 is 0 Å². The number of piperidine rings is 1. The van der Waals surface area contributed by atoms with Crippen molar-refractivity contribution in [2.45, 2.75) is 57.4 Å². The number of benzene rings is 1. The Morgan fingerprint density at radius 1 is 1.11 bits per heavy atom. The van der Waals surface area contributed by atoms with Crippen LogP contribution in [0.15, 0.2) is 24.3 Å². The lowest BCUT2D eigenvalue weighted by atomic mass is 9.77. The highest BCUT2D eigenvalue weighted by atomic mass is 14.9. The Balaban J connectivity index is 1.68. The van der Waals surface area contributed by atoms with E-state index in [0.717, 1.165) is 11.8 Å². The van der Waals surface area contributed by atoms with E-state index in [-0.39, 0.29) is 0 Å². The van der Waals surface area contributed by atoms with Crippen molar-refractivity contribution in [3.8, 4) is 0 Å². The van der Waals surface area contributed by atoms with Crippen LogP contribution in [0.25, 0.3) is 0 Å². The van der Waals surface area contributed by atoms with Gasteiger partial charge in [0.15, 0.2) is 0 Å². The Morgan fingerprint density at radius 3 is 2.61 bits per heavy atom. The lowest BCUT2D eigenvalue weighted by molar-refractivity contribution is 0.324. The molecule has 18 heavy (non-hydrogen) atoms. The van der Waals surface area contributed by atoms with E-state index >= 15 is 0 Å². The molecule has 1 aliphatic heterocycles. The maximum atomic E-state index is 3.72. The van der Waals surface area contributed by atoms with Gasteiger partial charge in [0.05, 0.1) is 0 Å². The van der Waals surface area contributed by atoms with E-state index < -0.39 is 0 Å². The summed E-state index contributed by atoms with van der Waals surface area (Å²) in [6, 6.07) is 9.86. The largest absolute Gasteiger partial charge is 0.313 e. The van der Waals surface area contributed by atoms with Crippen LogP contribution in [-0.2, 0) is 6.42 Å². The average Bonchev–Trinajstić information content (AvgIpc) is 2.32. The molecule has 2 unspecified atom stereocenters. The van der Waals surface area contributed by atoms with Crippen molar-refractivity contribution in [1.82, 2.24) is 5.32 Å². The van der Waals surface area contributed by atoms with Crippen LogP contribution in [0.1, 0.15) is 56.1 Å². The van der Waals surface area contributed by atoms with E-state index in [1.54, 1.807) is 11.1 Å². The predicted molar refractivity (Wildman–Crippen MR) is 76.9 cm³/mol. The zero-order chi connectivity index (χ0) is 12.4. The average molecular weight is 243 g/mol. The first kappa shape index (κ1) is 12.2. The maximum absolute atomic E-state index is 3.72. The molecule has 3 rings (SSSR count). The topological polar surface area (TPSA) is 12.0 Å². The van der Waals surface area contributed by atoms with Crippen molar-refractivity contribution in [3.63, 3.8) is 0 Å². The zero-order valence-corrected chi connectivity index (χ0v) is 11.5. The highest BCUT2D eigenvalue weighted by molar-refractivity contribution is 5.32. The monoisotopic (exact) mass is 243 g/mol. The van der Waals surface area contributed by atoms with E-state index in [1.165, 1.54) is 45.1 Å². The molecule has 1 saturated heterocycles. The molecule has 98 valence electrons. The van der Waals surface area contributed by atoms with Crippen molar-refractivity contribution < 1.29 is 0 Å². The molecule has 1 aromatic carbocycles. The van der Waals surface area contributed by atoms with Crippen LogP contribution in [0.4, 0.5) is 0 Å². The molecular formula is C17H25N. The summed E-state index contributed by atoms with van der Waals surface area (Å²) in [6.07, 6.45) is 8.22. The number of rotatable bonds is 3. The normalized spacial score (nSPS) is 28.9. The summed E-state index contributed by atoms with van der Waals surface area (Å²) in [7, 11) is 0. The number of hydrogen-bond acceptors (Lipinski definition) is 1. The fourth-order valence-electron chi connectivity index (χ4n) is 3.33. The van der Waals surface area contributed by atoms with E-state index in [0.29, 0.717) is 6.04 Å². The van der Waals surface area contributed by atoms with Gasteiger partial charge in [-0.05, 0) is 61.6 Å². The van der Waals surface area contributed by atoms with Gasteiger partial charge in [-0.15, -0.1) is 0 Å². The number of hydrogen-bond donors (Lipinski definition) is 1. The molecule has 1 aliphatic carbocycles. The minimum absolute atomic E-state index is 0.711. The minimum Gasteiger partial charge on any atom is -0.313 e. The highest BCUT2D eigenvalue weighted by Gasteiger charge is 2.24. The third-order valence-corrected chi connectivity index (χ3v) is 4.83. The third-order valence-electron chi connectivity index (χ3n) is 4.83. The van der Waals surface area contributed by atoms with Crippen molar-refractivity contribution in [2.75, 3.05) is 6.54 Å². The first-order valence-electron chi connectivity index (χ1n) is 7.64. The summed E-state index contributed by atoms with van der Waals surface area (Å²) in [5, 5.41) is 3.72. The SMILES string of the molecule is CC1CCC(Cc2ccccc2C2CCC2)NC1. The van der Waals surface area contributed by atoms with E-state index in [4.69, 9.17) is 0 Å². The van der Waals surface area contributed by atoms with Crippen molar-refractivity contribution in [1.29, 1.82) is 0 Å². The van der Waals surface area contributed by atoms with Gasteiger partial charge in [-0.3, -0.25) is 0 Å². The second-order valence-corrected chi connectivity index (χ2v) is 6.32. The molecule has 1 nitrogen and oxygen atoms in total. The first-order valence-corrected chi connectivity index (χ1v) is 7.64. The lowest BCUT2D eigenvalue weighted by Crippen LogP contribution is -2.39. The quantitative estimate of drug-likeness (QED) is 0.849. The Kier molecular flexibility index (Phi) is 3.69. The van der Waals surface area contributed by atoms with Gasteiger partial charge >= 0.3 is 0 Å². The molecule has 1 heterocycles. The first-order chi connectivity index (χ1) is 8.83. The van der Waals surface area contributed by atoms with E-state index in [2.05, 4.69) is 36.5 Å². The molecule has 1 aromatic rings. The molecule has 1 saturated carbocycles. The minimum atomic E-state index is 0.711. The van der Waals surface area contributed by atoms with Crippen LogP contribution in [-0.4, -0.2) is 12.6 Å². The van der Waals surface area contributed by atoms with E-state index in [1.807, 2.05) is 0 Å². The Labute approximate surface area is 111 Å². The van der Waals surface area contributed by atoms with Gasteiger partial charge in [-0.25, -0.2) is 0 Å². The van der Waals surface area contributed by atoms with Crippen molar-refractivity contribution in [2.24, 2.45) is 5.92 Å². The van der Waals surface area contributed by atoms with Crippen molar-refractivity contribution >= 4 is 0 Å². The Hall–Kier alpha value is -0.820. The molecule has 0 spiro atoms. The summed E-state index contributed by atoms with van der Waals surface area (Å²) < 4.78 is 0. The summed E-state index contributed by atoms with van der Waals surface area (Å²) in [5.74, 6) is 1.73. The highest BCUT2D eigenvalue weighted by Crippen LogP contribution is 2.38. The predicted octanol–water partition coefficient (Wildman–Crippen LogP) is 3.88. The molecule has 2 aliphatic rings. The Morgan fingerprint density at radius 2 is 1.94 bits per heavy atom. The lowest BCUT2D eigenvalue weighted by Gasteiger charge is -2.31. The smallest absolute Gasteiger partial charge is 0.0108 e. The van der Waals surface area contributed by atoms with Crippen LogP contribution in [0, 0.1) is 5.92 Å². The van der Waals surface area contributed by atoms with Gasteiger partial charge in [0.2, 0.25) is 0 Å². The van der Waals surface area contributed by atoms with Crippen LogP contribution in [0.5, 0.6) is 0 Å². The number of nitrogens with one attached hydrogen (secondary N) is 1. The van der Waals surface area contributed by atoms with Crippen LogP contribution in [0.3, 0.4) is 0 Å². The molecule has 0 aromatic heterocycles. The fraction of sp³-hybridized carbons (Fsp3) is 0.647. The Bertz CT molecular complexity index is 386. The standard InChI is InChI=1S/C17H25N/c1-13-9-10-16(18-12-13)11-15-5-2-3-8-17(15)14-6-4-7-14/h2-3,5,8,13-14,16,18H,4,6-7,9-12H2,1H3. The van der Waals surface area contributed by atoms with Gasteiger partial charge in [-0.2, -0.15) is 0 Å². The van der Waals surface area contributed by atoms with Gasteiger partial charge in [0.25, 0.3) is 0 Å². The van der Waals surface area contributed by atoms with Crippen molar-refractivity contribution in [3.05, 3.63) is 35.4 Å². The molecule has 2 fully saturated rings. The van der Waals surface area contributed by atoms with Crippen LogP contribution in [0.2, 0.25) is 0 Å². The van der Waals surface area contributed by atoms with Gasteiger partial charge in [0, 0.05) is 6.04 Å². The maximum Gasteiger partial charge on any atom is 0.0108 e. The molecule has 1 N–H and O–H groups in total. The summed E-state index contributed by atoms with van der Waals surface area (Å²) in [6.45, 7) is 3.56. The second kappa shape index (κ2) is 5.44. The molecular weight excluding hydrogens is 218 g/mol. The molecule has 0 radical (unpaired) electrons. The van der Waals surface area contributed by atoms with E-state index in [9.17, 15) is 0 Å². The van der Waals surface area contributed by atoms with Crippen LogP contribution < -0.4 is 5.32 Å². The van der Waals surface area contributed by atoms with Gasteiger partial charge in [0.1, 0.15) is 0 Å². The fourth-order valence-corrected chi connectivity index (χ4v) is 3.33. The summed E-state index contributed by atoms with van der Waals surface area (Å²) in [4.78, 5) is 0. The molecule has 2 atom stereocenters. The van der Waals surface area contributed by atoms with Gasteiger partial charge < -0.3 is 5.32 Å². The third kappa shape index (κ3) is 2.61. The molecule has 0 amide bonds. The molecule has 0 bridgehead atoms. The summed E-state index contributed by atoms with van der Waals surface area (Å²) >= 11 is 0.